The lowest BCUT2D eigenvalue weighted by Crippen LogP contribution is -2.26. The van der Waals surface area contributed by atoms with Crippen LogP contribution in [-0.2, 0) is 12.6 Å². The number of benzene rings is 2. The van der Waals surface area contributed by atoms with Crippen LogP contribution in [0.1, 0.15) is 53.6 Å². The molecule has 1 fully saturated rings. The minimum absolute atomic E-state index is 0.0510. The highest BCUT2D eigenvalue weighted by molar-refractivity contribution is 5.99. The number of likely N-dealkylation sites (tertiary alicyclic amines) is 1. The van der Waals surface area contributed by atoms with Crippen LogP contribution in [0.3, 0.4) is 0 Å². The first-order chi connectivity index (χ1) is 18.3. The Kier molecular flexibility index (Phi) is 7.70. The molecule has 1 aromatic heterocycles. The number of pyridine rings is 1. The van der Waals surface area contributed by atoms with Crippen molar-refractivity contribution in [3.05, 3.63) is 88.7 Å². The van der Waals surface area contributed by atoms with Gasteiger partial charge in [0, 0.05) is 25.8 Å². The fourth-order valence-electron chi connectivity index (χ4n) is 5.40. The van der Waals surface area contributed by atoms with E-state index in [4.69, 9.17) is 4.74 Å². The number of alkyl halides is 4. The summed E-state index contributed by atoms with van der Waals surface area (Å²) in [6, 6.07) is 15.6. The zero-order chi connectivity index (χ0) is 26.7. The SMILES string of the molecule is Oc1ccc2c(c1)CCCC(c1ccc(C(F)(F)F)nc1)=C2c1ccc(O[C@H]2CCN(CCCF)C2)cc1. The second-order valence-corrected chi connectivity index (χ2v) is 9.87. The fraction of sp³-hybridized carbons (Fsp3) is 0.367. The van der Waals surface area contributed by atoms with Crippen molar-refractivity contribution in [2.75, 3.05) is 26.3 Å². The van der Waals surface area contributed by atoms with Crippen LogP contribution in [0.2, 0.25) is 0 Å². The zero-order valence-electron chi connectivity index (χ0n) is 21.0. The van der Waals surface area contributed by atoms with Gasteiger partial charge in [0.25, 0.3) is 0 Å². The van der Waals surface area contributed by atoms with Crippen LogP contribution in [0.25, 0.3) is 11.1 Å². The number of hydrogen-bond acceptors (Lipinski definition) is 4. The summed E-state index contributed by atoms with van der Waals surface area (Å²) in [5.41, 5.74) is 4.43. The molecule has 0 radical (unpaired) electrons. The Morgan fingerprint density at radius 2 is 1.79 bits per heavy atom. The van der Waals surface area contributed by atoms with E-state index in [-0.39, 0.29) is 18.5 Å². The molecule has 1 atom stereocenters. The summed E-state index contributed by atoms with van der Waals surface area (Å²) in [5.74, 6) is 0.924. The van der Waals surface area contributed by atoms with Gasteiger partial charge >= 0.3 is 6.18 Å². The molecule has 1 aliphatic carbocycles. The quantitative estimate of drug-likeness (QED) is 0.340. The molecule has 8 heteroatoms. The van der Waals surface area contributed by atoms with E-state index in [1.807, 2.05) is 30.3 Å². The average Bonchev–Trinajstić information content (AvgIpc) is 3.26. The van der Waals surface area contributed by atoms with E-state index in [2.05, 4.69) is 9.88 Å². The molecular formula is C30H30F4N2O2. The van der Waals surface area contributed by atoms with Gasteiger partial charge in [-0.15, -0.1) is 0 Å². The summed E-state index contributed by atoms with van der Waals surface area (Å²) in [5, 5.41) is 10.1. The molecular weight excluding hydrogens is 496 g/mol. The number of phenolic OH excluding ortho intramolecular Hbond substituents is 1. The number of allylic oxidation sites excluding steroid dienone is 1. The average molecular weight is 527 g/mol. The lowest BCUT2D eigenvalue weighted by atomic mass is 9.88. The van der Waals surface area contributed by atoms with Crippen molar-refractivity contribution in [1.29, 1.82) is 0 Å². The molecule has 0 unspecified atom stereocenters. The topological polar surface area (TPSA) is 45.6 Å². The van der Waals surface area contributed by atoms with Crippen molar-refractivity contribution in [3.63, 3.8) is 0 Å². The second kappa shape index (κ2) is 11.2. The van der Waals surface area contributed by atoms with Crippen molar-refractivity contribution >= 4 is 11.1 Å². The first-order valence-electron chi connectivity index (χ1n) is 13.0. The van der Waals surface area contributed by atoms with Gasteiger partial charge in [-0.1, -0.05) is 24.3 Å². The van der Waals surface area contributed by atoms with Crippen molar-refractivity contribution in [1.82, 2.24) is 9.88 Å². The summed E-state index contributed by atoms with van der Waals surface area (Å²) >= 11 is 0. The number of aromatic hydroxyl groups is 1. The third-order valence-corrected chi connectivity index (χ3v) is 7.22. The molecule has 4 nitrogen and oxygen atoms in total. The standard InChI is InChI=1S/C30H30F4N2O2/c31-14-2-15-36-16-13-25(19-36)38-24-9-5-20(6-10-24)29-26(22-7-12-28(35-18-22)30(32,33)34)4-1-3-21-17-23(37)8-11-27(21)29/h5-12,17-18,25,37H,1-4,13-16,19H2/t25-/m0/s1. The number of aromatic nitrogens is 1. The van der Waals surface area contributed by atoms with Crippen molar-refractivity contribution in [2.24, 2.45) is 0 Å². The predicted octanol–water partition coefficient (Wildman–Crippen LogP) is 6.91. The molecule has 0 saturated carbocycles. The first kappa shape index (κ1) is 26.2. The van der Waals surface area contributed by atoms with E-state index in [1.54, 1.807) is 12.1 Å². The summed E-state index contributed by atoms with van der Waals surface area (Å²) in [7, 11) is 0. The molecule has 5 rings (SSSR count). The van der Waals surface area contributed by atoms with Gasteiger partial charge in [0.2, 0.25) is 0 Å². The number of hydrogen-bond donors (Lipinski definition) is 1. The summed E-state index contributed by atoms with van der Waals surface area (Å²) in [4.78, 5) is 5.92. The third kappa shape index (κ3) is 5.85. The number of rotatable bonds is 7. The lowest BCUT2D eigenvalue weighted by Gasteiger charge is -2.19. The molecule has 0 amide bonds. The van der Waals surface area contributed by atoms with Gasteiger partial charge in [-0.2, -0.15) is 13.2 Å². The Bertz CT molecular complexity index is 1290. The molecule has 3 aromatic rings. The van der Waals surface area contributed by atoms with Gasteiger partial charge in [-0.3, -0.25) is 14.3 Å². The fourth-order valence-corrected chi connectivity index (χ4v) is 5.40. The minimum atomic E-state index is -4.50. The minimum Gasteiger partial charge on any atom is -0.508 e. The van der Waals surface area contributed by atoms with Gasteiger partial charge in [0.15, 0.2) is 0 Å². The van der Waals surface area contributed by atoms with Crippen LogP contribution in [0, 0.1) is 0 Å². The van der Waals surface area contributed by atoms with Crippen LogP contribution in [0.5, 0.6) is 11.5 Å². The summed E-state index contributed by atoms with van der Waals surface area (Å²) in [6.07, 6.45) is 0.471. The Morgan fingerprint density at radius 1 is 1.00 bits per heavy atom. The number of phenols is 1. The number of fused-ring (bicyclic) bond motifs is 1. The molecule has 0 bridgehead atoms. The highest BCUT2D eigenvalue weighted by Gasteiger charge is 2.32. The van der Waals surface area contributed by atoms with Crippen molar-refractivity contribution in [2.45, 2.75) is 44.4 Å². The Labute approximate surface area is 219 Å². The van der Waals surface area contributed by atoms with E-state index >= 15 is 0 Å². The maximum absolute atomic E-state index is 13.1. The lowest BCUT2D eigenvalue weighted by molar-refractivity contribution is -0.141. The van der Waals surface area contributed by atoms with E-state index in [9.17, 15) is 22.7 Å². The molecule has 0 spiro atoms. The molecule has 200 valence electrons. The van der Waals surface area contributed by atoms with Gasteiger partial charge in [-0.05, 0) is 95.8 Å². The molecule has 1 N–H and O–H groups in total. The van der Waals surface area contributed by atoms with E-state index in [0.29, 0.717) is 18.4 Å². The number of aryl methyl sites for hydroxylation is 1. The van der Waals surface area contributed by atoms with Crippen LogP contribution in [0.15, 0.2) is 60.8 Å². The molecule has 2 aromatic carbocycles. The highest BCUT2D eigenvalue weighted by atomic mass is 19.4. The maximum atomic E-state index is 13.1. The molecule has 1 aliphatic heterocycles. The molecule has 38 heavy (non-hydrogen) atoms. The van der Waals surface area contributed by atoms with Gasteiger partial charge < -0.3 is 9.84 Å². The van der Waals surface area contributed by atoms with E-state index in [0.717, 1.165) is 78.5 Å². The highest BCUT2D eigenvalue weighted by Crippen LogP contribution is 2.41. The summed E-state index contributed by atoms with van der Waals surface area (Å²) in [6.45, 7) is 2.09. The molecule has 2 heterocycles. The van der Waals surface area contributed by atoms with Crippen LogP contribution >= 0.6 is 0 Å². The zero-order valence-corrected chi connectivity index (χ0v) is 21.0. The van der Waals surface area contributed by atoms with Crippen LogP contribution in [-0.4, -0.2) is 47.4 Å². The van der Waals surface area contributed by atoms with Crippen molar-refractivity contribution in [3.8, 4) is 11.5 Å². The van der Waals surface area contributed by atoms with Gasteiger partial charge in [0.05, 0.1) is 6.67 Å². The Morgan fingerprint density at radius 3 is 2.50 bits per heavy atom. The number of nitrogens with zero attached hydrogens (tertiary/aromatic N) is 2. The summed E-state index contributed by atoms with van der Waals surface area (Å²) < 4.78 is 58.1. The number of halogens is 4. The Balaban J connectivity index is 1.47. The van der Waals surface area contributed by atoms with Crippen LogP contribution in [0.4, 0.5) is 17.6 Å². The largest absolute Gasteiger partial charge is 0.508 e. The van der Waals surface area contributed by atoms with E-state index < -0.39 is 11.9 Å². The van der Waals surface area contributed by atoms with E-state index in [1.165, 1.54) is 12.3 Å². The second-order valence-electron chi connectivity index (χ2n) is 9.87. The first-order valence-corrected chi connectivity index (χ1v) is 13.0. The maximum Gasteiger partial charge on any atom is 0.433 e. The predicted molar refractivity (Wildman–Crippen MR) is 139 cm³/mol. The normalized spacial score (nSPS) is 18.4. The van der Waals surface area contributed by atoms with Crippen molar-refractivity contribution < 1.29 is 27.4 Å². The van der Waals surface area contributed by atoms with Crippen LogP contribution < -0.4 is 4.74 Å². The molecule has 2 aliphatic rings. The smallest absolute Gasteiger partial charge is 0.433 e. The molecule has 1 saturated heterocycles. The van der Waals surface area contributed by atoms with Gasteiger partial charge in [-0.25, -0.2) is 0 Å². The van der Waals surface area contributed by atoms with Gasteiger partial charge in [0.1, 0.15) is 23.3 Å². The Hall–Kier alpha value is -3.39. The third-order valence-electron chi connectivity index (χ3n) is 7.22. The number of ether oxygens (including phenoxy) is 1. The monoisotopic (exact) mass is 526 g/mol.